The number of likely N-dealkylation sites (tertiary alicyclic amines) is 1. The van der Waals surface area contributed by atoms with Crippen molar-refractivity contribution >= 4 is 17.6 Å². The summed E-state index contributed by atoms with van der Waals surface area (Å²) in [6, 6.07) is 8.13. The molecule has 0 aromatic heterocycles. The molecule has 2 aliphatic rings. The summed E-state index contributed by atoms with van der Waals surface area (Å²) in [5.41, 5.74) is 8.36. The second kappa shape index (κ2) is 7.02. The van der Waals surface area contributed by atoms with E-state index in [1.165, 1.54) is 12.0 Å². The number of carbonyl (C=O) groups excluding carboxylic acids is 1. The molecule has 1 atom stereocenters. The zero-order valence-corrected chi connectivity index (χ0v) is 13.9. The van der Waals surface area contributed by atoms with Crippen LogP contribution in [-0.4, -0.2) is 42.9 Å². The van der Waals surface area contributed by atoms with E-state index in [9.17, 15) is 4.79 Å². The Labute approximate surface area is 138 Å². The minimum atomic E-state index is 0.0326. The number of nitrogens with two attached hydrogens (primary N) is 1. The molecule has 1 aromatic carbocycles. The maximum absolute atomic E-state index is 12.6. The van der Waals surface area contributed by atoms with Gasteiger partial charge in [-0.05, 0) is 43.2 Å². The lowest BCUT2D eigenvalue weighted by Gasteiger charge is -2.32. The van der Waals surface area contributed by atoms with Gasteiger partial charge in [-0.15, -0.1) is 0 Å². The molecule has 2 aliphatic heterocycles. The van der Waals surface area contributed by atoms with Gasteiger partial charge in [-0.2, -0.15) is 0 Å². The molecule has 23 heavy (non-hydrogen) atoms. The number of aryl methyl sites for hydroxylation is 1. The van der Waals surface area contributed by atoms with Crippen LogP contribution in [0.5, 0.6) is 0 Å². The van der Waals surface area contributed by atoms with E-state index in [1.54, 1.807) is 0 Å². The maximum atomic E-state index is 12.6. The monoisotopic (exact) mass is 314 g/mol. The normalized spacial score (nSPS) is 22.0. The van der Waals surface area contributed by atoms with Crippen molar-refractivity contribution in [3.8, 4) is 0 Å². The molecule has 3 rings (SSSR count). The number of anilines is 1. The number of amides is 1. The van der Waals surface area contributed by atoms with Crippen LogP contribution in [0.25, 0.3) is 0 Å². The third-order valence-corrected chi connectivity index (χ3v) is 4.77. The summed E-state index contributed by atoms with van der Waals surface area (Å²) in [7, 11) is 0. The average molecular weight is 314 g/mol. The average Bonchev–Trinajstić information content (AvgIpc) is 2.59. The first-order valence-corrected chi connectivity index (χ1v) is 8.58. The number of nitrogens with zero attached hydrogens (tertiary/aromatic N) is 3. The van der Waals surface area contributed by atoms with Crippen molar-refractivity contribution in [2.24, 2.45) is 16.6 Å². The molecule has 124 valence electrons. The molecule has 5 heteroatoms. The van der Waals surface area contributed by atoms with Crippen LogP contribution in [-0.2, 0) is 11.2 Å². The third kappa shape index (κ3) is 3.66. The minimum Gasteiger partial charge on any atom is -0.370 e. The van der Waals surface area contributed by atoms with E-state index >= 15 is 0 Å². The lowest BCUT2D eigenvalue weighted by Crippen LogP contribution is -2.44. The van der Waals surface area contributed by atoms with Crippen LogP contribution in [0.3, 0.4) is 0 Å². The summed E-state index contributed by atoms with van der Waals surface area (Å²) >= 11 is 0. The highest BCUT2D eigenvalue weighted by Crippen LogP contribution is 2.26. The van der Waals surface area contributed by atoms with Gasteiger partial charge in [0.2, 0.25) is 5.91 Å². The van der Waals surface area contributed by atoms with Crippen molar-refractivity contribution in [2.45, 2.75) is 32.6 Å². The molecule has 1 aromatic rings. The summed E-state index contributed by atoms with van der Waals surface area (Å²) in [5.74, 6) is 1.18. The van der Waals surface area contributed by atoms with Gasteiger partial charge in [0.05, 0.1) is 0 Å². The smallest absolute Gasteiger partial charge is 0.248 e. The van der Waals surface area contributed by atoms with E-state index < -0.39 is 0 Å². The zero-order valence-electron chi connectivity index (χ0n) is 13.9. The standard InChI is InChI=1S/C18H26N4O/c1-14-6-4-10-21(13-14)18(19)20-12-17(23)22-11-5-8-15-7-2-3-9-16(15)22/h2-3,7,9,14H,4-6,8,10-13H2,1H3,(H2,19,20). The van der Waals surface area contributed by atoms with Crippen LogP contribution in [0, 0.1) is 5.92 Å². The molecule has 1 saturated heterocycles. The Morgan fingerprint density at radius 3 is 2.96 bits per heavy atom. The number of piperidine rings is 1. The lowest BCUT2D eigenvalue weighted by molar-refractivity contribution is -0.117. The van der Waals surface area contributed by atoms with Gasteiger partial charge in [-0.25, -0.2) is 4.99 Å². The SMILES string of the molecule is CC1CCCN(C(N)=NCC(=O)N2CCCc3ccccc32)C1. The van der Waals surface area contributed by atoms with Crippen molar-refractivity contribution in [2.75, 3.05) is 31.1 Å². The predicted octanol–water partition coefficient (Wildman–Crippen LogP) is 2.01. The minimum absolute atomic E-state index is 0.0326. The molecule has 0 radical (unpaired) electrons. The van der Waals surface area contributed by atoms with Gasteiger partial charge in [0.1, 0.15) is 6.54 Å². The van der Waals surface area contributed by atoms with Crippen molar-refractivity contribution in [3.05, 3.63) is 29.8 Å². The third-order valence-electron chi connectivity index (χ3n) is 4.77. The number of hydrogen-bond donors (Lipinski definition) is 1. The van der Waals surface area contributed by atoms with Crippen molar-refractivity contribution in [1.29, 1.82) is 0 Å². The highest BCUT2D eigenvalue weighted by atomic mass is 16.2. The molecule has 1 amide bonds. The fourth-order valence-electron chi connectivity index (χ4n) is 3.52. The fraction of sp³-hybridized carbons (Fsp3) is 0.556. The van der Waals surface area contributed by atoms with Crippen LogP contribution in [0.15, 0.2) is 29.3 Å². The summed E-state index contributed by atoms with van der Waals surface area (Å²) in [4.78, 5) is 20.9. The first-order valence-electron chi connectivity index (χ1n) is 8.58. The summed E-state index contributed by atoms with van der Waals surface area (Å²) in [6.45, 7) is 5.02. The highest BCUT2D eigenvalue weighted by Gasteiger charge is 2.22. The van der Waals surface area contributed by atoms with E-state index in [-0.39, 0.29) is 12.5 Å². The van der Waals surface area contributed by atoms with Gasteiger partial charge in [0.15, 0.2) is 5.96 Å². The Kier molecular flexibility index (Phi) is 4.84. The topological polar surface area (TPSA) is 61.9 Å². The number of rotatable bonds is 2. The van der Waals surface area contributed by atoms with Crippen LogP contribution in [0.2, 0.25) is 0 Å². The molecule has 0 bridgehead atoms. The number of fused-ring (bicyclic) bond motifs is 1. The Bertz CT molecular complexity index is 598. The van der Waals surface area contributed by atoms with Gasteiger partial charge in [-0.1, -0.05) is 25.1 Å². The van der Waals surface area contributed by atoms with Gasteiger partial charge in [0.25, 0.3) is 0 Å². The second-order valence-electron chi connectivity index (χ2n) is 6.65. The molecule has 5 nitrogen and oxygen atoms in total. The molecule has 2 heterocycles. The fourth-order valence-corrected chi connectivity index (χ4v) is 3.52. The Hall–Kier alpha value is -2.04. The van der Waals surface area contributed by atoms with Crippen molar-refractivity contribution in [3.63, 3.8) is 0 Å². The molecule has 1 unspecified atom stereocenters. The second-order valence-corrected chi connectivity index (χ2v) is 6.65. The number of aliphatic imine (C=N–C) groups is 1. The van der Waals surface area contributed by atoms with Gasteiger partial charge < -0.3 is 15.5 Å². The molecule has 0 saturated carbocycles. The van der Waals surface area contributed by atoms with Crippen LogP contribution in [0.1, 0.15) is 31.7 Å². The first kappa shape index (κ1) is 15.8. The van der Waals surface area contributed by atoms with Crippen LogP contribution < -0.4 is 10.6 Å². The summed E-state index contributed by atoms with van der Waals surface area (Å²) in [5, 5.41) is 0. The summed E-state index contributed by atoms with van der Waals surface area (Å²) in [6.07, 6.45) is 4.43. The number of carbonyl (C=O) groups is 1. The molecule has 0 aliphatic carbocycles. The molecule has 1 fully saturated rings. The van der Waals surface area contributed by atoms with Gasteiger partial charge >= 0.3 is 0 Å². The number of benzene rings is 1. The molecular weight excluding hydrogens is 288 g/mol. The number of guanidine groups is 1. The van der Waals surface area contributed by atoms with Crippen molar-refractivity contribution in [1.82, 2.24) is 4.90 Å². The number of hydrogen-bond acceptors (Lipinski definition) is 2. The van der Waals surface area contributed by atoms with Gasteiger partial charge in [0, 0.05) is 25.3 Å². The van der Waals surface area contributed by atoms with E-state index in [2.05, 4.69) is 22.9 Å². The quantitative estimate of drug-likeness (QED) is 0.671. The van der Waals surface area contributed by atoms with E-state index in [0.717, 1.165) is 44.6 Å². The van der Waals surface area contributed by atoms with E-state index in [1.807, 2.05) is 23.1 Å². The predicted molar refractivity (Wildman–Crippen MR) is 93.6 cm³/mol. The highest BCUT2D eigenvalue weighted by molar-refractivity contribution is 5.97. The number of para-hydroxylation sites is 1. The Morgan fingerprint density at radius 1 is 1.30 bits per heavy atom. The van der Waals surface area contributed by atoms with Gasteiger partial charge in [-0.3, -0.25) is 4.79 Å². The maximum Gasteiger partial charge on any atom is 0.248 e. The van der Waals surface area contributed by atoms with E-state index in [4.69, 9.17) is 5.73 Å². The first-order chi connectivity index (χ1) is 11.1. The lowest BCUT2D eigenvalue weighted by atomic mass is 10.0. The van der Waals surface area contributed by atoms with Crippen LogP contribution >= 0.6 is 0 Å². The largest absolute Gasteiger partial charge is 0.370 e. The Morgan fingerprint density at radius 2 is 2.13 bits per heavy atom. The summed E-state index contributed by atoms with van der Waals surface area (Å²) < 4.78 is 0. The molecule has 0 spiro atoms. The van der Waals surface area contributed by atoms with Crippen LogP contribution in [0.4, 0.5) is 5.69 Å². The Balaban J connectivity index is 1.64. The molecular formula is C18H26N4O. The van der Waals surface area contributed by atoms with E-state index in [0.29, 0.717) is 11.9 Å². The molecule has 2 N–H and O–H groups in total. The van der Waals surface area contributed by atoms with Crippen molar-refractivity contribution < 1.29 is 4.79 Å². The zero-order chi connectivity index (χ0) is 16.2.